The number of nitrogens with zero attached hydrogens (tertiary/aromatic N) is 2. The van der Waals surface area contributed by atoms with Crippen LogP contribution in [-0.4, -0.2) is 20.9 Å². The lowest BCUT2D eigenvalue weighted by Crippen LogP contribution is -2.20. The Morgan fingerprint density at radius 2 is 2.00 bits per heavy atom. The topological polar surface area (TPSA) is 55.1 Å². The third-order valence-electron chi connectivity index (χ3n) is 3.75. The van der Waals surface area contributed by atoms with Gasteiger partial charge in [0.05, 0.1) is 17.7 Å². The maximum absolute atomic E-state index is 10.9. The molecule has 102 valence electrons. The maximum Gasteiger partial charge on any atom is 0.306 e. The lowest BCUT2D eigenvalue weighted by atomic mass is 9.92. The van der Waals surface area contributed by atoms with Gasteiger partial charge in [-0.15, -0.1) is 0 Å². The summed E-state index contributed by atoms with van der Waals surface area (Å²) in [6.45, 7) is 8.04. The third kappa shape index (κ3) is 3.59. The lowest BCUT2D eigenvalue weighted by molar-refractivity contribution is -0.142. The molecule has 18 heavy (non-hydrogen) atoms. The molecule has 4 nitrogen and oxygen atoms in total. The maximum atomic E-state index is 10.9. The summed E-state index contributed by atoms with van der Waals surface area (Å²) >= 11 is 0. The third-order valence-corrected chi connectivity index (χ3v) is 3.75. The first-order valence-corrected chi connectivity index (χ1v) is 6.76. The minimum atomic E-state index is -0.734. The second kappa shape index (κ2) is 6.57. The van der Waals surface area contributed by atoms with E-state index in [-0.39, 0.29) is 11.8 Å². The predicted molar refractivity (Wildman–Crippen MR) is 71.5 cm³/mol. The van der Waals surface area contributed by atoms with Crippen molar-refractivity contribution in [1.82, 2.24) is 9.78 Å². The summed E-state index contributed by atoms with van der Waals surface area (Å²) in [7, 11) is 0. The Balaban J connectivity index is 2.66. The van der Waals surface area contributed by atoms with Crippen molar-refractivity contribution in [3.05, 3.63) is 18.0 Å². The van der Waals surface area contributed by atoms with Crippen LogP contribution < -0.4 is 0 Å². The molecule has 1 aromatic rings. The van der Waals surface area contributed by atoms with Gasteiger partial charge in [0.1, 0.15) is 0 Å². The Morgan fingerprint density at radius 3 is 2.50 bits per heavy atom. The van der Waals surface area contributed by atoms with Gasteiger partial charge in [-0.1, -0.05) is 27.7 Å². The molecule has 1 rings (SSSR count). The van der Waals surface area contributed by atoms with Crippen molar-refractivity contribution >= 4 is 5.97 Å². The molecule has 0 saturated heterocycles. The number of hydrogen-bond acceptors (Lipinski definition) is 2. The van der Waals surface area contributed by atoms with Crippen LogP contribution in [0.5, 0.6) is 0 Å². The lowest BCUT2D eigenvalue weighted by Gasteiger charge is -2.15. The van der Waals surface area contributed by atoms with E-state index >= 15 is 0 Å². The molecule has 0 bridgehead atoms. The van der Waals surface area contributed by atoms with Gasteiger partial charge in [0.25, 0.3) is 0 Å². The summed E-state index contributed by atoms with van der Waals surface area (Å²) in [4.78, 5) is 10.9. The van der Waals surface area contributed by atoms with E-state index in [1.54, 1.807) is 6.92 Å². The Morgan fingerprint density at radius 1 is 1.39 bits per heavy atom. The smallest absolute Gasteiger partial charge is 0.306 e. The molecule has 0 saturated carbocycles. The first-order valence-electron chi connectivity index (χ1n) is 6.76. The van der Waals surface area contributed by atoms with Crippen LogP contribution in [0.1, 0.15) is 52.3 Å². The van der Waals surface area contributed by atoms with Gasteiger partial charge < -0.3 is 5.11 Å². The van der Waals surface area contributed by atoms with Gasteiger partial charge in [0.2, 0.25) is 0 Å². The van der Waals surface area contributed by atoms with E-state index in [2.05, 4.69) is 18.9 Å². The zero-order chi connectivity index (χ0) is 13.7. The van der Waals surface area contributed by atoms with Crippen LogP contribution in [0.15, 0.2) is 12.3 Å². The van der Waals surface area contributed by atoms with Gasteiger partial charge >= 0.3 is 5.97 Å². The predicted octanol–water partition coefficient (Wildman–Crippen LogP) is 3.14. The summed E-state index contributed by atoms with van der Waals surface area (Å²) in [5, 5.41) is 13.5. The molecule has 1 heterocycles. The first-order chi connectivity index (χ1) is 8.49. The second-order valence-corrected chi connectivity index (χ2v) is 5.07. The van der Waals surface area contributed by atoms with Crippen LogP contribution in [0.2, 0.25) is 0 Å². The molecule has 0 fully saturated rings. The molecule has 0 aromatic carbocycles. The van der Waals surface area contributed by atoms with Gasteiger partial charge in [-0.25, -0.2) is 0 Å². The van der Waals surface area contributed by atoms with E-state index in [1.807, 2.05) is 23.9 Å². The Labute approximate surface area is 109 Å². The number of rotatable bonds is 7. The summed E-state index contributed by atoms with van der Waals surface area (Å²) in [5.41, 5.74) is 0.988. The summed E-state index contributed by atoms with van der Waals surface area (Å²) < 4.78 is 2.01. The van der Waals surface area contributed by atoms with E-state index in [1.165, 1.54) is 0 Å². The van der Waals surface area contributed by atoms with Crippen LogP contribution in [-0.2, 0) is 11.2 Å². The van der Waals surface area contributed by atoms with E-state index in [4.69, 9.17) is 5.11 Å². The van der Waals surface area contributed by atoms with Crippen LogP contribution >= 0.6 is 0 Å². The summed E-state index contributed by atoms with van der Waals surface area (Å²) in [5.74, 6) is -0.960. The second-order valence-electron chi connectivity index (χ2n) is 5.07. The fraction of sp³-hybridized carbons (Fsp3) is 0.714. The van der Waals surface area contributed by atoms with Gasteiger partial charge in [0, 0.05) is 6.20 Å². The van der Waals surface area contributed by atoms with Crippen LogP contribution in [0.4, 0.5) is 0 Å². The normalized spacial score (nSPS) is 14.7. The van der Waals surface area contributed by atoms with Crippen molar-refractivity contribution in [2.24, 2.45) is 11.8 Å². The summed E-state index contributed by atoms with van der Waals surface area (Å²) in [6, 6.07) is 2.45. The molecule has 0 aliphatic heterocycles. The molecule has 0 radical (unpaired) electrons. The van der Waals surface area contributed by atoms with Gasteiger partial charge in [-0.2, -0.15) is 5.10 Å². The average Bonchev–Trinajstić information content (AvgIpc) is 2.78. The standard InChI is InChI=1S/C14H24N2O2/c1-5-13(6-2)16-8-7-12(15-16)9-10(3)11(4)14(17)18/h7-8,10-11,13H,5-6,9H2,1-4H3,(H,17,18). The largest absolute Gasteiger partial charge is 0.481 e. The van der Waals surface area contributed by atoms with E-state index in [0.29, 0.717) is 6.04 Å². The van der Waals surface area contributed by atoms with Crippen molar-refractivity contribution in [3.8, 4) is 0 Å². The molecule has 1 N–H and O–H groups in total. The van der Waals surface area contributed by atoms with E-state index in [9.17, 15) is 4.79 Å². The number of hydrogen-bond donors (Lipinski definition) is 1. The minimum Gasteiger partial charge on any atom is -0.481 e. The van der Waals surface area contributed by atoms with Crippen LogP contribution in [0.3, 0.4) is 0 Å². The number of carboxylic acids is 1. The van der Waals surface area contributed by atoms with Gasteiger partial charge in [-0.05, 0) is 31.2 Å². The number of aromatic nitrogens is 2. The molecular weight excluding hydrogens is 228 g/mol. The molecule has 2 unspecified atom stereocenters. The van der Waals surface area contributed by atoms with Crippen LogP contribution in [0, 0.1) is 11.8 Å². The van der Waals surface area contributed by atoms with E-state index in [0.717, 1.165) is 25.0 Å². The zero-order valence-corrected chi connectivity index (χ0v) is 11.8. The van der Waals surface area contributed by atoms with Crippen molar-refractivity contribution in [1.29, 1.82) is 0 Å². The number of carboxylic acid groups (broad SMARTS) is 1. The molecule has 0 amide bonds. The molecular formula is C14H24N2O2. The highest BCUT2D eigenvalue weighted by molar-refractivity contribution is 5.69. The van der Waals surface area contributed by atoms with Crippen molar-refractivity contribution in [2.75, 3.05) is 0 Å². The van der Waals surface area contributed by atoms with Gasteiger partial charge in [0.15, 0.2) is 0 Å². The molecule has 1 aromatic heterocycles. The Bertz CT molecular complexity index is 383. The SMILES string of the molecule is CCC(CC)n1ccc(CC(C)C(C)C(=O)O)n1. The monoisotopic (exact) mass is 252 g/mol. The van der Waals surface area contributed by atoms with Crippen molar-refractivity contribution in [3.63, 3.8) is 0 Å². The first kappa shape index (κ1) is 14.7. The van der Waals surface area contributed by atoms with Crippen molar-refractivity contribution in [2.45, 2.75) is 53.0 Å². The molecule has 2 atom stereocenters. The Kier molecular flexibility index (Phi) is 5.38. The highest BCUT2D eigenvalue weighted by Crippen LogP contribution is 2.19. The molecule has 0 aliphatic carbocycles. The number of aliphatic carboxylic acids is 1. The number of carbonyl (C=O) groups is 1. The minimum absolute atomic E-state index is 0.104. The van der Waals surface area contributed by atoms with Gasteiger partial charge in [-0.3, -0.25) is 9.48 Å². The van der Waals surface area contributed by atoms with E-state index < -0.39 is 5.97 Å². The highest BCUT2D eigenvalue weighted by atomic mass is 16.4. The molecule has 0 aliphatic rings. The van der Waals surface area contributed by atoms with Crippen LogP contribution in [0.25, 0.3) is 0 Å². The van der Waals surface area contributed by atoms with Crippen molar-refractivity contribution < 1.29 is 9.90 Å². The fourth-order valence-electron chi connectivity index (χ4n) is 2.10. The zero-order valence-electron chi connectivity index (χ0n) is 11.8. The fourth-order valence-corrected chi connectivity index (χ4v) is 2.10. The molecule has 4 heteroatoms. The molecule has 0 spiro atoms. The quantitative estimate of drug-likeness (QED) is 0.811. The summed E-state index contributed by atoms with van der Waals surface area (Å²) in [6.07, 6.45) is 4.86. The highest BCUT2D eigenvalue weighted by Gasteiger charge is 2.20. The average molecular weight is 252 g/mol. The Hall–Kier alpha value is -1.32.